The zero-order chi connectivity index (χ0) is 14.0. The molecule has 0 spiro atoms. The van der Waals surface area contributed by atoms with Crippen LogP contribution in [-0.4, -0.2) is 14.8 Å². The van der Waals surface area contributed by atoms with Crippen LogP contribution in [-0.2, 0) is 12.8 Å². The highest BCUT2D eigenvalue weighted by Crippen LogP contribution is 2.24. The molecule has 1 aromatic carbocycles. The number of nitrogens with zero attached hydrogens (tertiary/aromatic N) is 3. The first-order chi connectivity index (χ1) is 9.06. The number of hydrogen-bond acceptors (Lipinski definition) is 3. The van der Waals surface area contributed by atoms with Crippen LogP contribution in [0.3, 0.4) is 0 Å². The second-order valence-electron chi connectivity index (χ2n) is 4.56. The number of benzene rings is 1. The Kier molecular flexibility index (Phi) is 4.22. The third-order valence-electron chi connectivity index (χ3n) is 3.07. The Bertz CT molecular complexity index is 575. The fraction of sp³-hybridized carbons (Fsp3) is 0.429. The summed E-state index contributed by atoms with van der Waals surface area (Å²) >= 11 is 6.27. The number of hydrogen-bond donors (Lipinski definition) is 1. The molecule has 5 heteroatoms. The smallest absolute Gasteiger partial charge is 0.151 e. The number of rotatable bonds is 4. The lowest BCUT2D eigenvalue weighted by atomic mass is 10.1. The highest BCUT2D eigenvalue weighted by atomic mass is 35.5. The summed E-state index contributed by atoms with van der Waals surface area (Å²) < 4.78 is 1.86. The van der Waals surface area contributed by atoms with Crippen LogP contribution < -0.4 is 5.73 Å². The van der Waals surface area contributed by atoms with Gasteiger partial charge in [0.2, 0.25) is 0 Å². The molecule has 0 bridgehead atoms. The second-order valence-corrected chi connectivity index (χ2v) is 4.96. The van der Waals surface area contributed by atoms with E-state index in [1.165, 1.54) is 0 Å². The predicted molar refractivity (Wildman–Crippen MR) is 77.7 cm³/mol. The largest absolute Gasteiger partial charge is 0.324 e. The van der Waals surface area contributed by atoms with Gasteiger partial charge in [-0.2, -0.15) is 5.10 Å². The maximum atomic E-state index is 6.27. The van der Waals surface area contributed by atoms with Crippen molar-refractivity contribution in [2.75, 3.05) is 0 Å². The Hall–Kier alpha value is -1.39. The molecule has 0 aliphatic heterocycles. The zero-order valence-corrected chi connectivity index (χ0v) is 12.3. The summed E-state index contributed by atoms with van der Waals surface area (Å²) in [6.45, 7) is 6.03. The maximum Gasteiger partial charge on any atom is 0.151 e. The molecule has 0 saturated heterocycles. The zero-order valence-electron chi connectivity index (χ0n) is 11.5. The van der Waals surface area contributed by atoms with E-state index < -0.39 is 0 Å². The van der Waals surface area contributed by atoms with Crippen LogP contribution in [0.4, 0.5) is 0 Å². The van der Waals surface area contributed by atoms with E-state index in [-0.39, 0.29) is 6.04 Å². The van der Waals surface area contributed by atoms with Crippen LogP contribution in [0.5, 0.6) is 0 Å². The SMILES string of the molecule is CCc1nc(CC)n(-c2ccc(C(C)N)c(Cl)c2)n1. The van der Waals surface area contributed by atoms with Gasteiger partial charge in [-0.25, -0.2) is 9.67 Å². The monoisotopic (exact) mass is 278 g/mol. The fourth-order valence-corrected chi connectivity index (χ4v) is 2.34. The van der Waals surface area contributed by atoms with E-state index >= 15 is 0 Å². The van der Waals surface area contributed by atoms with Crippen molar-refractivity contribution >= 4 is 11.6 Å². The molecule has 102 valence electrons. The van der Waals surface area contributed by atoms with Crippen LogP contribution in [0, 0.1) is 0 Å². The lowest BCUT2D eigenvalue weighted by Crippen LogP contribution is -2.07. The van der Waals surface area contributed by atoms with Gasteiger partial charge in [0.05, 0.1) is 5.69 Å². The summed E-state index contributed by atoms with van der Waals surface area (Å²) in [6.07, 6.45) is 1.66. The van der Waals surface area contributed by atoms with Crippen molar-refractivity contribution in [2.24, 2.45) is 5.73 Å². The van der Waals surface area contributed by atoms with E-state index in [1.54, 1.807) is 0 Å². The molecular formula is C14H19ClN4. The summed E-state index contributed by atoms with van der Waals surface area (Å²) in [6, 6.07) is 5.76. The van der Waals surface area contributed by atoms with Gasteiger partial charge in [-0.15, -0.1) is 0 Å². The normalized spacial score (nSPS) is 12.7. The van der Waals surface area contributed by atoms with Crippen molar-refractivity contribution in [1.29, 1.82) is 0 Å². The van der Waals surface area contributed by atoms with Gasteiger partial charge in [0.15, 0.2) is 5.82 Å². The minimum atomic E-state index is -0.0749. The maximum absolute atomic E-state index is 6.27. The van der Waals surface area contributed by atoms with Gasteiger partial charge in [-0.1, -0.05) is 31.5 Å². The van der Waals surface area contributed by atoms with Crippen LogP contribution in [0.2, 0.25) is 5.02 Å². The van der Waals surface area contributed by atoms with Crippen molar-refractivity contribution in [3.05, 3.63) is 40.4 Å². The van der Waals surface area contributed by atoms with Crippen LogP contribution in [0.25, 0.3) is 5.69 Å². The quantitative estimate of drug-likeness (QED) is 0.935. The number of aryl methyl sites for hydroxylation is 2. The van der Waals surface area contributed by atoms with E-state index in [9.17, 15) is 0 Å². The Morgan fingerprint density at radius 2 is 2.05 bits per heavy atom. The van der Waals surface area contributed by atoms with E-state index in [0.717, 1.165) is 35.7 Å². The average Bonchev–Trinajstić information content (AvgIpc) is 2.81. The number of halogens is 1. The second kappa shape index (κ2) is 5.72. The van der Waals surface area contributed by atoms with Gasteiger partial charge < -0.3 is 5.73 Å². The molecule has 0 aliphatic carbocycles. The van der Waals surface area contributed by atoms with E-state index in [1.807, 2.05) is 36.7 Å². The average molecular weight is 279 g/mol. The molecule has 0 fully saturated rings. The van der Waals surface area contributed by atoms with Crippen LogP contribution in [0.15, 0.2) is 18.2 Å². The number of nitrogens with two attached hydrogens (primary N) is 1. The van der Waals surface area contributed by atoms with Gasteiger partial charge in [-0.3, -0.25) is 0 Å². The van der Waals surface area contributed by atoms with E-state index in [0.29, 0.717) is 5.02 Å². The van der Waals surface area contributed by atoms with E-state index in [4.69, 9.17) is 17.3 Å². The minimum Gasteiger partial charge on any atom is -0.324 e. The van der Waals surface area contributed by atoms with Crippen LogP contribution >= 0.6 is 11.6 Å². The summed E-state index contributed by atoms with van der Waals surface area (Å²) in [4.78, 5) is 4.49. The molecule has 2 rings (SSSR count). The summed E-state index contributed by atoms with van der Waals surface area (Å²) in [5, 5.41) is 5.17. The van der Waals surface area contributed by atoms with E-state index in [2.05, 4.69) is 17.0 Å². The summed E-state index contributed by atoms with van der Waals surface area (Å²) in [7, 11) is 0. The number of aromatic nitrogens is 3. The Morgan fingerprint density at radius 1 is 1.32 bits per heavy atom. The molecule has 0 saturated carbocycles. The van der Waals surface area contributed by atoms with Gasteiger partial charge in [0.1, 0.15) is 5.82 Å². The first-order valence-electron chi connectivity index (χ1n) is 6.57. The Labute approximate surface area is 118 Å². The van der Waals surface area contributed by atoms with Crippen molar-refractivity contribution < 1.29 is 0 Å². The first-order valence-corrected chi connectivity index (χ1v) is 6.94. The van der Waals surface area contributed by atoms with Crippen molar-refractivity contribution in [3.8, 4) is 5.69 Å². The minimum absolute atomic E-state index is 0.0749. The molecule has 1 atom stereocenters. The molecule has 1 heterocycles. The highest BCUT2D eigenvalue weighted by Gasteiger charge is 2.12. The van der Waals surface area contributed by atoms with Crippen molar-refractivity contribution in [3.63, 3.8) is 0 Å². The molecule has 1 unspecified atom stereocenters. The fourth-order valence-electron chi connectivity index (χ4n) is 1.99. The molecule has 0 radical (unpaired) electrons. The molecule has 2 aromatic rings. The van der Waals surface area contributed by atoms with Gasteiger partial charge in [0.25, 0.3) is 0 Å². The molecular weight excluding hydrogens is 260 g/mol. The molecule has 0 amide bonds. The van der Waals surface area contributed by atoms with Crippen LogP contribution in [0.1, 0.15) is 44.0 Å². The summed E-state index contributed by atoms with van der Waals surface area (Å²) in [5.41, 5.74) is 7.74. The lowest BCUT2D eigenvalue weighted by molar-refractivity contribution is 0.785. The molecule has 0 aliphatic rings. The Morgan fingerprint density at radius 3 is 2.58 bits per heavy atom. The first kappa shape index (κ1) is 14.0. The van der Waals surface area contributed by atoms with Gasteiger partial charge in [0, 0.05) is 23.9 Å². The third-order valence-corrected chi connectivity index (χ3v) is 3.40. The van der Waals surface area contributed by atoms with Crippen molar-refractivity contribution in [2.45, 2.75) is 39.7 Å². The lowest BCUT2D eigenvalue weighted by Gasteiger charge is -2.11. The standard InChI is InChI=1S/C14H19ClN4/c1-4-13-17-14(5-2)19(18-13)10-6-7-11(9(3)16)12(15)8-10/h6-9H,4-5,16H2,1-3H3. The van der Waals surface area contributed by atoms with Gasteiger partial charge >= 0.3 is 0 Å². The third kappa shape index (κ3) is 2.80. The van der Waals surface area contributed by atoms with Gasteiger partial charge in [-0.05, 0) is 24.6 Å². The topological polar surface area (TPSA) is 56.7 Å². The molecule has 2 N–H and O–H groups in total. The molecule has 1 aromatic heterocycles. The molecule has 19 heavy (non-hydrogen) atoms. The summed E-state index contributed by atoms with van der Waals surface area (Å²) in [5.74, 6) is 1.80. The molecule has 4 nitrogen and oxygen atoms in total. The Balaban J connectivity index is 2.47. The van der Waals surface area contributed by atoms with Crippen molar-refractivity contribution in [1.82, 2.24) is 14.8 Å². The highest BCUT2D eigenvalue weighted by molar-refractivity contribution is 6.31. The predicted octanol–water partition coefficient (Wildman–Crippen LogP) is 3.07.